The van der Waals surface area contributed by atoms with Crippen molar-refractivity contribution in [3.8, 4) is 0 Å². The molecule has 6 N–H and O–H groups in total. The molecule has 1 unspecified atom stereocenters. The molecule has 0 aromatic heterocycles. The van der Waals surface area contributed by atoms with Gasteiger partial charge in [-0.25, -0.2) is 4.79 Å². The number of ether oxygens (including phenoxy) is 15. The van der Waals surface area contributed by atoms with E-state index in [1.165, 1.54) is 89.9 Å². The second kappa shape index (κ2) is 63.5. The summed E-state index contributed by atoms with van der Waals surface area (Å²) in [6.45, 7) is 17.6. The van der Waals surface area contributed by atoms with Crippen LogP contribution in [0.15, 0.2) is 0 Å². The fourth-order valence-corrected chi connectivity index (χ4v) is 11.1. The second-order valence-corrected chi connectivity index (χ2v) is 22.2. The molecule has 23 nitrogen and oxygen atoms in total. The van der Waals surface area contributed by atoms with Gasteiger partial charge in [-0.3, -0.25) is 9.59 Å². The van der Waals surface area contributed by atoms with Crippen LogP contribution < -0.4 is 27.0 Å². The van der Waals surface area contributed by atoms with Gasteiger partial charge in [-0.1, -0.05) is 96.8 Å². The summed E-state index contributed by atoms with van der Waals surface area (Å²) in [7, 11) is 0. The van der Waals surface area contributed by atoms with Crippen molar-refractivity contribution in [3.63, 3.8) is 0 Å². The lowest BCUT2D eigenvalue weighted by atomic mass is 9.87. The number of urea groups is 1. The lowest BCUT2D eigenvalue weighted by molar-refractivity contribution is -0.123. The van der Waals surface area contributed by atoms with Gasteiger partial charge in [0.05, 0.1) is 210 Å². The first kappa shape index (κ1) is 79.0. The van der Waals surface area contributed by atoms with Crippen LogP contribution in [-0.2, 0) is 80.6 Å². The van der Waals surface area contributed by atoms with Gasteiger partial charge in [0.2, 0.25) is 11.8 Å². The van der Waals surface area contributed by atoms with E-state index < -0.39 is 0 Å². The van der Waals surface area contributed by atoms with E-state index >= 15 is 0 Å². The Hall–Kier alpha value is -2.08. The molecule has 0 bridgehead atoms. The quantitative estimate of drug-likeness (QED) is 0.0364. The zero-order valence-electron chi connectivity index (χ0n) is 52.6. The van der Waals surface area contributed by atoms with E-state index in [-0.39, 0.29) is 36.3 Å². The van der Waals surface area contributed by atoms with Gasteiger partial charge in [0.15, 0.2) is 0 Å². The molecule has 2 rings (SSSR count). The third-order valence-electron chi connectivity index (χ3n) is 14.0. The SMILES string of the molecule is CCCCCCCCCCCCCCCCC(CCCC(=O)NCCOCCOCCOCCOCCOCCOCCOCCOCCOCCOCCOCCNC(=O)CCOCCOCCOCCOCCN)[C@@H]1SC[C@@H]2NC(=O)N[C@@H]21. The fourth-order valence-electron chi connectivity index (χ4n) is 9.37. The molecule has 0 spiro atoms. The van der Waals surface area contributed by atoms with Crippen molar-refractivity contribution in [1.82, 2.24) is 21.3 Å². The van der Waals surface area contributed by atoms with Crippen LogP contribution in [0.4, 0.5) is 4.79 Å². The molecule has 0 aromatic rings. The molecule has 0 aliphatic carbocycles. The normalized spacial score (nSPS) is 16.0. The predicted octanol–water partition coefficient (Wildman–Crippen LogP) is 5.64. The highest BCUT2D eigenvalue weighted by Crippen LogP contribution is 2.39. The van der Waals surface area contributed by atoms with Crippen LogP contribution in [0.3, 0.4) is 0 Å². The molecule has 2 heterocycles. The van der Waals surface area contributed by atoms with Gasteiger partial charge in [0, 0.05) is 43.5 Å². The lowest BCUT2D eigenvalue weighted by Gasteiger charge is -2.27. The van der Waals surface area contributed by atoms with Gasteiger partial charge in [0.1, 0.15) is 0 Å². The molecule has 24 heteroatoms. The van der Waals surface area contributed by atoms with E-state index in [9.17, 15) is 14.4 Å². The minimum atomic E-state index is -0.0914. The molecule has 4 amide bonds. The van der Waals surface area contributed by atoms with Crippen LogP contribution >= 0.6 is 11.8 Å². The van der Waals surface area contributed by atoms with E-state index in [0.29, 0.717) is 235 Å². The van der Waals surface area contributed by atoms with Crippen LogP contribution in [0.25, 0.3) is 0 Å². The largest absolute Gasteiger partial charge is 0.379 e. The minimum absolute atomic E-state index is 0.0368. The number of hydrogen-bond donors (Lipinski definition) is 5. The average Bonchev–Trinajstić information content (AvgIpc) is 2.96. The smallest absolute Gasteiger partial charge is 0.315 e. The number of amides is 4. The second-order valence-electron chi connectivity index (χ2n) is 21.0. The third kappa shape index (κ3) is 52.4. The molecule has 2 aliphatic rings. The molecule has 0 saturated carbocycles. The standard InChI is InChI=1S/C61H119N5O18S/c1-2-3-4-5-6-7-8-9-10-11-12-13-14-15-17-55(60-59-56(54-85-60)65-61(69)66-59)18-16-19-57(67)63-22-26-72-30-34-76-38-40-78-42-44-80-46-48-82-50-52-84-53-51-83-49-47-81-45-43-79-41-39-77-35-31-73-27-23-64-58(68)20-24-70-28-32-74-36-37-75-33-29-71-25-21-62/h55-56,59-60H,2-54,62H2,1H3,(H,63,67)(H,64,68)(H2,65,66,69)/t55?,56-,59-,60-/m0/s1. The molecule has 2 saturated heterocycles. The summed E-state index contributed by atoms with van der Waals surface area (Å²) < 4.78 is 82.5. The number of nitrogens with two attached hydrogens (primary N) is 1. The van der Waals surface area contributed by atoms with Crippen LogP contribution in [0, 0.1) is 5.92 Å². The Morgan fingerprint density at radius 2 is 0.718 bits per heavy atom. The molecule has 85 heavy (non-hydrogen) atoms. The first-order valence-corrected chi connectivity index (χ1v) is 33.7. The summed E-state index contributed by atoms with van der Waals surface area (Å²) in [5, 5.41) is 12.5. The van der Waals surface area contributed by atoms with Crippen LogP contribution in [0.5, 0.6) is 0 Å². The summed E-state index contributed by atoms with van der Waals surface area (Å²) >= 11 is 1.99. The number of carbonyl (C=O) groups excluding carboxylic acids is 3. The van der Waals surface area contributed by atoms with Crippen molar-refractivity contribution in [2.75, 3.05) is 224 Å². The summed E-state index contributed by atoms with van der Waals surface area (Å²) in [5.41, 5.74) is 5.35. The van der Waals surface area contributed by atoms with Crippen molar-refractivity contribution in [2.45, 2.75) is 146 Å². The number of hydrogen-bond acceptors (Lipinski definition) is 20. The number of thioether (sulfide) groups is 1. The van der Waals surface area contributed by atoms with Gasteiger partial charge in [-0.15, -0.1) is 0 Å². The molecule has 2 aliphatic heterocycles. The molecule has 0 radical (unpaired) electrons. The number of nitrogens with one attached hydrogen (secondary N) is 4. The van der Waals surface area contributed by atoms with E-state index in [1.807, 2.05) is 11.8 Å². The Kier molecular flexibility index (Phi) is 59.0. The topological polar surface area (TPSA) is 264 Å². The van der Waals surface area contributed by atoms with E-state index in [4.69, 9.17) is 76.8 Å². The third-order valence-corrected chi connectivity index (χ3v) is 15.6. The maximum absolute atomic E-state index is 12.7. The Labute approximate surface area is 515 Å². The van der Waals surface area contributed by atoms with E-state index in [1.54, 1.807) is 0 Å². The van der Waals surface area contributed by atoms with Gasteiger partial charge >= 0.3 is 6.03 Å². The first-order valence-electron chi connectivity index (χ1n) is 32.6. The first-order chi connectivity index (χ1) is 42.0. The molecule has 502 valence electrons. The Bertz CT molecular complexity index is 1460. The van der Waals surface area contributed by atoms with Crippen molar-refractivity contribution in [3.05, 3.63) is 0 Å². The van der Waals surface area contributed by atoms with Gasteiger partial charge < -0.3 is 98.1 Å². The lowest BCUT2D eigenvalue weighted by Crippen LogP contribution is -2.40. The van der Waals surface area contributed by atoms with Crippen LogP contribution in [0.1, 0.15) is 129 Å². The highest BCUT2D eigenvalue weighted by Gasteiger charge is 2.45. The van der Waals surface area contributed by atoms with Crippen LogP contribution in [-0.4, -0.2) is 259 Å². The molecule has 0 aromatic carbocycles. The predicted molar refractivity (Wildman–Crippen MR) is 330 cm³/mol. The van der Waals surface area contributed by atoms with Crippen LogP contribution in [0.2, 0.25) is 0 Å². The van der Waals surface area contributed by atoms with Crippen molar-refractivity contribution in [2.24, 2.45) is 11.7 Å². The number of carbonyl (C=O) groups is 3. The number of rotatable bonds is 70. The van der Waals surface area contributed by atoms with Crippen molar-refractivity contribution >= 4 is 29.6 Å². The molecule has 4 atom stereocenters. The van der Waals surface area contributed by atoms with E-state index in [0.717, 1.165) is 25.0 Å². The zero-order valence-corrected chi connectivity index (χ0v) is 53.4. The minimum Gasteiger partial charge on any atom is -0.379 e. The van der Waals surface area contributed by atoms with E-state index in [2.05, 4.69) is 28.2 Å². The monoisotopic (exact) mass is 1240 g/mol. The zero-order chi connectivity index (χ0) is 60.7. The van der Waals surface area contributed by atoms with Gasteiger partial charge in [-0.2, -0.15) is 11.8 Å². The summed E-state index contributed by atoms with van der Waals surface area (Å²) in [4.78, 5) is 36.7. The maximum atomic E-state index is 12.7. The molecular weight excluding hydrogens is 1120 g/mol. The summed E-state index contributed by atoms with van der Waals surface area (Å²) in [5.74, 6) is 1.44. The Morgan fingerprint density at radius 1 is 0.412 bits per heavy atom. The maximum Gasteiger partial charge on any atom is 0.315 e. The Morgan fingerprint density at radius 3 is 1.08 bits per heavy atom. The molecule has 2 fully saturated rings. The highest BCUT2D eigenvalue weighted by atomic mass is 32.2. The highest BCUT2D eigenvalue weighted by molar-refractivity contribution is 8.00. The summed E-state index contributed by atoms with van der Waals surface area (Å²) in [6.07, 6.45) is 22.8. The van der Waals surface area contributed by atoms with Gasteiger partial charge in [-0.05, 0) is 25.2 Å². The fraction of sp³-hybridized carbons (Fsp3) is 0.951. The number of unbranched alkanes of at least 4 members (excludes halogenated alkanes) is 13. The Balaban J connectivity index is 1.22. The van der Waals surface area contributed by atoms with Gasteiger partial charge in [0.25, 0.3) is 0 Å². The average molecular weight is 1240 g/mol. The van der Waals surface area contributed by atoms with Crippen molar-refractivity contribution in [1.29, 1.82) is 0 Å². The molecular formula is C61H119N5O18S. The summed E-state index contributed by atoms with van der Waals surface area (Å²) in [6, 6.07) is 0.377. The van der Waals surface area contributed by atoms with Crippen molar-refractivity contribution < 1.29 is 85.4 Å². The number of fused-ring (bicyclic) bond motifs is 1.